The molecule has 0 radical (unpaired) electrons. The molecule has 0 N–H and O–H groups in total. The van der Waals surface area contributed by atoms with Gasteiger partial charge in [-0.2, -0.15) is 13.2 Å². The van der Waals surface area contributed by atoms with Gasteiger partial charge >= 0.3 is 6.18 Å². The van der Waals surface area contributed by atoms with Crippen LogP contribution < -0.4 is 0 Å². The van der Waals surface area contributed by atoms with Crippen LogP contribution in [0.1, 0.15) is 49.1 Å². The smallest absolute Gasteiger partial charge is 0.326 e. The normalized spacial score (nSPS) is 18.7. The van der Waals surface area contributed by atoms with Crippen molar-refractivity contribution in [2.24, 2.45) is 0 Å². The van der Waals surface area contributed by atoms with E-state index < -0.39 is 11.7 Å². The quantitative estimate of drug-likeness (QED) is 0.718. The lowest BCUT2D eigenvalue weighted by atomic mass is 10.1. The van der Waals surface area contributed by atoms with Crippen LogP contribution in [0.2, 0.25) is 0 Å². The summed E-state index contributed by atoms with van der Waals surface area (Å²) in [4.78, 5) is 14.0. The van der Waals surface area contributed by atoms with Crippen molar-refractivity contribution in [1.29, 1.82) is 0 Å². The molecular weight excluding hydrogens is 311 g/mol. The van der Waals surface area contributed by atoms with E-state index in [0.717, 1.165) is 37.1 Å². The minimum atomic E-state index is -4.35. The number of unbranched alkanes of at least 4 members (excludes halogenated alkanes) is 2. The lowest BCUT2D eigenvalue weighted by molar-refractivity contribution is -0.137. The molecule has 1 aliphatic heterocycles. The topological polar surface area (TPSA) is 20.3 Å². The summed E-state index contributed by atoms with van der Waals surface area (Å²) in [5, 5.41) is -0.295. The number of hydrogen-bond acceptors (Lipinski definition) is 2. The maximum Gasteiger partial charge on any atom is 0.416 e. The molecule has 1 saturated heterocycles. The zero-order valence-corrected chi connectivity index (χ0v) is 13.3. The number of carbonyl (C=O) groups excluding carboxylic acids is 1. The van der Waals surface area contributed by atoms with Crippen LogP contribution in [0.15, 0.2) is 24.3 Å². The van der Waals surface area contributed by atoms with E-state index >= 15 is 0 Å². The first-order chi connectivity index (χ1) is 10.4. The van der Waals surface area contributed by atoms with Crippen LogP contribution in [-0.2, 0) is 11.0 Å². The number of amides is 1. The van der Waals surface area contributed by atoms with Gasteiger partial charge in [0.2, 0.25) is 5.91 Å². The highest BCUT2D eigenvalue weighted by Crippen LogP contribution is 2.40. The first kappa shape index (κ1) is 17.2. The van der Waals surface area contributed by atoms with E-state index in [-0.39, 0.29) is 11.3 Å². The predicted molar refractivity (Wildman–Crippen MR) is 82.5 cm³/mol. The Labute approximate surface area is 133 Å². The summed E-state index contributed by atoms with van der Waals surface area (Å²) in [6.07, 6.45) is -0.995. The van der Waals surface area contributed by atoms with Crippen molar-refractivity contribution in [3.8, 4) is 0 Å². The second-order valence-electron chi connectivity index (χ2n) is 5.39. The molecule has 0 bridgehead atoms. The van der Waals surface area contributed by atoms with Crippen molar-refractivity contribution in [3.05, 3.63) is 35.4 Å². The highest BCUT2D eigenvalue weighted by Gasteiger charge is 2.34. The second kappa shape index (κ2) is 7.40. The molecule has 0 aliphatic carbocycles. The van der Waals surface area contributed by atoms with Crippen molar-refractivity contribution in [2.75, 3.05) is 12.3 Å². The van der Waals surface area contributed by atoms with E-state index in [1.807, 2.05) is 0 Å². The number of benzene rings is 1. The molecule has 1 heterocycles. The molecule has 6 heteroatoms. The largest absolute Gasteiger partial charge is 0.416 e. The first-order valence-electron chi connectivity index (χ1n) is 7.51. The monoisotopic (exact) mass is 331 g/mol. The first-order valence-corrected chi connectivity index (χ1v) is 8.56. The Morgan fingerprint density at radius 1 is 1.36 bits per heavy atom. The molecule has 1 aliphatic rings. The van der Waals surface area contributed by atoms with E-state index in [2.05, 4.69) is 6.92 Å². The van der Waals surface area contributed by atoms with Gasteiger partial charge in [-0.3, -0.25) is 4.79 Å². The van der Waals surface area contributed by atoms with E-state index in [1.54, 1.807) is 11.0 Å². The Balaban J connectivity index is 2.12. The highest BCUT2D eigenvalue weighted by molar-refractivity contribution is 7.99. The number of carbonyl (C=O) groups is 1. The molecule has 1 fully saturated rings. The zero-order valence-electron chi connectivity index (χ0n) is 12.5. The number of halogens is 3. The molecular formula is C16H20F3NOS. The highest BCUT2D eigenvalue weighted by atomic mass is 32.2. The fourth-order valence-corrected chi connectivity index (χ4v) is 3.81. The van der Waals surface area contributed by atoms with Gasteiger partial charge in [-0.25, -0.2) is 0 Å². The van der Waals surface area contributed by atoms with Gasteiger partial charge in [0.05, 0.1) is 5.56 Å². The molecule has 0 spiro atoms. The van der Waals surface area contributed by atoms with Crippen molar-refractivity contribution in [2.45, 2.75) is 44.2 Å². The summed E-state index contributed by atoms with van der Waals surface area (Å²) in [5.74, 6) is 0.807. The van der Waals surface area contributed by atoms with Crippen molar-refractivity contribution < 1.29 is 18.0 Å². The predicted octanol–water partition coefficient (Wildman–Crippen LogP) is 4.86. The van der Waals surface area contributed by atoms with Gasteiger partial charge < -0.3 is 4.90 Å². The second-order valence-corrected chi connectivity index (χ2v) is 6.58. The lowest BCUT2D eigenvalue weighted by Gasteiger charge is -2.24. The summed E-state index contributed by atoms with van der Waals surface area (Å²) >= 11 is 1.53. The molecule has 2 nitrogen and oxygen atoms in total. The molecule has 2 rings (SSSR count). The van der Waals surface area contributed by atoms with Gasteiger partial charge in [0.25, 0.3) is 0 Å². The number of alkyl halides is 3. The SMILES string of the molecule is CCCCCC(=O)N1CCS[C@@H]1c1cccc(C(F)(F)F)c1. The molecule has 1 amide bonds. The Kier molecular flexibility index (Phi) is 5.78. The van der Waals surface area contributed by atoms with Gasteiger partial charge in [0.1, 0.15) is 5.37 Å². The minimum absolute atomic E-state index is 0.0425. The number of thioether (sulfide) groups is 1. The fraction of sp³-hybridized carbons (Fsp3) is 0.562. The van der Waals surface area contributed by atoms with E-state index in [0.29, 0.717) is 18.5 Å². The van der Waals surface area contributed by atoms with Gasteiger partial charge in [-0.05, 0) is 24.1 Å². The zero-order chi connectivity index (χ0) is 16.2. The Morgan fingerprint density at radius 3 is 2.82 bits per heavy atom. The van der Waals surface area contributed by atoms with Crippen LogP contribution in [0, 0.1) is 0 Å². The summed E-state index contributed by atoms with van der Waals surface area (Å²) in [7, 11) is 0. The van der Waals surface area contributed by atoms with Crippen LogP contribution >= 0.6 is 11.8 Å². The molecule has 1 atom stereocenters. The maximum atomic E-state index is 12.8. The third-order valence-corrected chi connectivity index (χ3v) is 4.97. The maximum absolute atomic E-state index is 12.8. The number of hydrogen-bond donors (Lipinski definition) is 0. The minimum Gasteiger partial charge on any atom is -0.326 e. The van der Waals surface area contributed by atoms with Gasteiger partial charge in [-0.15, -0.1) is 11.8 Å². The van der Waals surface area contributed by atoms with Crippen LogP contribution in [0.3, 0.4) is 0 Å². The number of nitrogens with zero attached hydrogens (tertiary/aromatic N) is 1. The van der Waals surface area contributed by atoms with Crippen molar-refractivity contribution in [3.63, 3.8) is 0 Å². The number of rotatable bonds is 5. The third kappa shape index (κ3) is 4.18. The van der Waals surface area contributed by atoms with Crippen molar-refractivity contribution >= 4 is 17.7 Å². The fourth-order valence-electron chi connectivity index (χ4n) is 2.54. The van der Waals surface area contributed by atoms with E-state index in [9.17, 15) is 18.0 Å². The van der Waals surface area contributed by atoms with E-state index in [1.165, 1.54) is 17.8 Å². The Morgan fingerprint density at radius 2 is 2.14 bits per heavy atom. The summed E-state index contributed by atoms with van der Waals surface area (Å²) in [5.41, 5.74) is -0.1000. The molecule has 1 aromatic rings. The lowest BCUT2D eigenvalue weighted by Crippen LogP contribution is -2.30. The van der Waals surface area contributed by atoms with Gasteiger partial charge in [0.15, 0.2) is 0 Å². The summed E-state index contributed by atoms with van der Waals surface area (Å²) in [6, 6.07) is 5.31. The molecule has 22 heavy (non-hydrogen) atoms. The van der Waals surface area contributed by atoms with Crippen LogP contribution in [0.5, 0.6) is 0 Å². The van der Waals surface area contributed by atoms with E-state index in [4.69, 9.17) is 0 Å². The molecule has 1 aromatic carbocycles. The average molecular weight is 331 g/mol. The average Bonchev–Trinajstić information content (AvgIpc) is 2.96. The molecule has 122 valence electrons. The summed E-state index contributed by atoms with van der Waals surface area (Å²) < 4.78 is 38.5. The summed E-state index contributed by atoms with van der Waals surface area (Å²) in [6.45, 7) is 2.68. The third-order valence-electron chi connectivity index (χ3n) is 3.70. The van der Waals surface area contributed by atoms with Crippen molar-refractivity contribution in [1.82, 2.24) is 4.90 Å². The standard InChI is InChI=1S/C16H20F3NOS/c1-2-3-4-8-14(21)20-9-10-22-15(20)12-6-5-7-13(11-12)16(17,18)19/h5-7,11,15H,2-4,8-10H2,1H3/t15-/m1/s1. The molecule has 0 unspecified atom stereocenters. The Hall–Kier alpha value is -1.17. The van der Waals surface area contributed by atoms with Gasteiger partial charge in [-0.1, -0.05) is 31.9 Å². The molecule has 0 aromatic heterocycles. The molecule has 0 saturated carbocycles. The van der Waals surface area contributed by atoms with Gasteiger partial charge in [0, 0.05) is 18.7 Å². The Bertz CT molecular complexity index is 518. The van der Waals surface area contributed by atoms with Crippen LogP contribution in [0.25, 0.3) is 0 Å². The van der Waals surface area contributed by atoms with Crippen LogP contribution in [0.4, 0.5) is 13.2 Å². The van der Waals surface area contributed by atoms with Crippen LogP contribution in [-0.4, -0.2) is 23.1 Å².